The van der Waals surface area contributed by atoms with E-state index in [-0.39, 0.29) is 12.5 Å². The number of amides is 1. The second-order valence-electron chi connectivity index (χ2n) is 7.40. The predicted octanol–water partition coefficient (Wildman–Crippen LogP) is 3.87. The third-order valence-electron chi connectivity index (χ3n) is 4.87. The lowest BCUT2D eigenvalue weighted by Crippen LogP contribution is -2.41. The molecule has 1 amide bonds. The van der Waals surface area contributed by atoms with Crippen molar-refractivity contribution in [3.63, 3.8) is 0 Å². The first-order valence-corrected chi connectivity index (χ1v) is 10.5. The van der Waals surface area contributed by atoms with Crippen molar-refractivity contribution in [2.45, 2.75) is 70.9 Å². The Hall–Kier alpha value is -2.42. The second kappa shape index (κ2) is 12.2. The first-order chi connectivity index (χ1) is 14.0. The van der Waals surface area contributed by atoms with E-state index in [1.54, 1.807) is 6.07 Å². The normalized spacial score (nSPS) is 12.8. The first-order valence-electron chi connectivity index (χ1n) is 10.5. The zero-order valence-electron chi connectivity index (χ0n) is 17.4. The molecule has 1 aromatic heterocycles. The van der Waals surface area contributed by atoms with Gasteiger partial charge in [0.25, 0.3) is 0 Å². The van der Waals surface area contributed by atoms with Gasteiger partial charge in [-0.3, -0.25) is 4.79 Å². The third kappa shape index (κ3) is 7.49. The van der Waals surface area contributed by atoms with Crippen LogP contribution < -0.4 is 5.32 Å². The first kappa shape index (κ1) is 22.9. The Bertz CT molecular complexity index is 854. The van der Waals surface area contributed by atoms with Crippen molar-refractivity contribution >= 4 is 16.8 Å². The molecule has 2 unspecified atom stereocenters. The summed E-state index contributed by atoms with van der Waals surface area (Å²) in [5, 5.41) is 23.3. The zero-order valence-corrected chi connectivity index (χ0v) is 17.4. The molecular formula is C24H32N2O3. The molecule has 0 bridgehead atoms. The Kier molecular flexibility index (Phi) is 9.63. The fourth-order valence-corrected chi connectivity index (χ4v) is 3.23. The molecule has 0 spiro atoms. The van der Waals surface area contributed by atoms with E-state index in [1.165, 1.54) is 39.0 Å². The molecule has 5 heteroatoms. The number of nitrogens with zero attached hydrogens (tertiary/aromatic N) is 1. The summed E-state index contributed by atoms with van der Waals surface area (Å²) in [4.78, 5) is 15.7. The number of aliphatic hydroxyl groups is 2. The van der Waals surface area contributed by atoms with Gasteiger partial charge >= 0.3 is 0 Å². The van der Waals surface area contributed by atoms with Gasteiger partial charge in [-0.1, -0.05) is 56.9 Å². The Labute approximate surface area is 173 Å². The summed E-state index contributed by atoms with van der Waals surface area (Å²) in [6.45, 7) is 3.21. The van der Waals surface area contributed by atoms with Crippen molar-refractivity contribution in [2.24, 2.45) is 0 Å². The number of nitrogens with one attached hydrogen (secondary N) is 1. The van der Waals surface area contributed by atoms with E-state index in [4.69, 9.17) is 0 Å². The van der Waals surface area contributed by atoms with Crippen LogP contribution >= 0.6 is 0 Å². The lowest BCUT2D eigenvalue weighted by atomic mass is 10.1. The molecule has 2 aromatic rings. The number of hydrogen-bond donors (Lipinski definition) is 3. The highest BCUT2D eigenvalue weighted by Gasteiger charge is 2.22. The van der Waals surface area contributed by atoms with Gasteiger partial charge in [0, 0.05) is 24.3 Å². The van der Waals surface area contributed by atoms with Crippen molar-refractivity contribution in [3.8, 4) is 11.8 Å². The third-order valence-corrected chi connectivity index (χ3v) is 4.87. The number of hydrogen-bond acceptors (Lipinski definition) is 4. The number of benzene rings is 1. The van der Waals surface area contributed by atoms with Crippen molar-refractivity contribution in [1.82, 2.24) is 10.3 Å². The highest BCUT2D eigenvalue weighted by molar-refractivity contribution is 5.80. The van der Waals surface area contributed by atoms with E-state index < -0.39 is 12.1 Å². The van der Waals surface area contributed by atoms with E-state index in [0.29, 0.717) is 5.69 Å². The second-order valence-corrected chi connectivity index (χ2v) is 7.40. The lowest BCUT2D eigenvalue weighted by Gasteiger charge is -2.21. The summed E-state index contributed by atoms with van der Waals surface area (Å²) in [6.07, 6.45) is 7.44. The van der Waals surface area contributed by atoms with Gasteiger partial charge in [0.1, 0.15) is 6.10 Å². The summed E-state index contributed by atoms with van der Waals surface area (Å²) in [7, 11) is 0. The van der Waals surface area contributed by atoms with Gasteiger partial charge in [-0.2, -0.15) is 0 Å². The fourth-order valence-electron chi connectivity index (χ4n) is 3.23. The number of pyridine rings is 1. The predicted molar refractivity (Wildman–Crippen MR) is 116 cm³/mol. The monoisotopic (exact) mass is 396 g/mol. The van der Waals surface area contributed by atoms with Crippen LogP contribution in [0.2, 0.25) is 0 Å². The molecule has 0 aliphatic heterocycles. The minimum Gasteiger partial charge on any atom is -0.394 e. The molecule has 0 saturated carbocycles. The van der Waals surface area contributed by atoms with Crippen LogP contribution in [0.15, 0.2) is 30.3 Å². The van der Waals surface area contributed by atoms with Crippen molar-refractivity contribution < 1.29 is 15.0 Å². The van der Waals surface area contributed by atoms with Gasteiger partial charge in [-0.25, -0.2) is 4.98 Å². The SMILES string of the molecule is CCCCCCCCC#Cc1ccc2nc(C(O)C(CO)NC(C)=O)ccc2c1. The Morgan fingerprint density at radius 3 is 2.62 bits per heavy atom. The zero-order chi connectivity index (χ0) is 21.1. The van der Waals surface area contributed by atoms with Crippen LogP contribution in [0.25, 0.3) is 10.9 Å². The maximum atomic E-state index is 11.2. The smallest absolute Gasteiger partial charge is 0.217 e. The van der Waals surface area contributed by atoms with Crippen LogP contribution in [-0.2, 0) is 4.79 Å². The quantitative estimate of drug-likeness (QED) is 0.421. The largest absolute Gasteiger partial charge is 0.394 e. The van der Waals surface area contributed by atoms with E-state index in [2.05, 4.69) is 29.1 Å². The minimum atomic E-state index is -1.08. The molecule has 0 saturated heterocycles. The summed E-state index contributed by atoms with van der Waals surface area (Å²) in [6, 6.07) is 8.60. The van der Waals surface area contributed by atoms with Gasteiger partial charge in [-0.05, 0) is 30.7 Å². The standard InChI is InChI=1S/C24H32N2O3/c1-3-4-5-6-7-8-9-10-11-19-12-14-21-20(16-19)13-15-22(26-21)24(29)23(17-27)25-18(2)28/h12-16,23-24,27,29H,3-9,17H2,1-2H3,(H,25,28). The van der Waals surface area contributed by atoms with Crippen LogP contribution in [-0.4, -0.2) is 33.8 Å². The fraction of sp³-hybridized carbons (Fsp3) is 0.500. The Morgan fingerprint density at radius 1 is 1.14 bits per heavy atom. The van der Waals surface area contributed by atoms with Gasteiger partial charge in [0.05, 0.1) is 23.9 Å². The van der Waals surface area contributed by atoms with Gasteiger partial charge in [0.15, 0.2) is 0 Å². The molecule has 1 heterocycles. The molecule has 1 aromatic carbocycles. The Morgan fingerprint density at radius 2 is 1.90 bits per heavy atom. The molecule has 156 valence electrons. The van der Waals surface area contributed by atoms with Gasteiger partial charge in [-0.15, -0.1) is 0 Å². The van der Waals surface area contributed by atoms with Crippen LogP contribution in [0.3, 0.4) is 0 Å². The van der Waals surface area contributed by atoms with E-state index in [1.807, 2.05) is 24.3 Å². The molecule has 29 heavy (non-hydrogen) atoms. The number of carbonyl (C=O) groups excluding carboxylic acids is 1. The summed E-state index contributed by atoms with van der Waals surface area (Å²) in [5.41, 5.74) is 2.10. The van der Waals surface area contributed by atoms with Crippen LogP contribution in [0.4, 0.5) is 0 Å². The Balaban J connectivity index is 1.99. The summed E-state index contributed by atoms with van der Waals surface area (Å²) < 4.78 is 0. The van der Waals surface area contributed by atoms with Crippen molar-refractivity contribution in [3.05, 3.63) is 41.6 Å². The van der Waals surface area contributed by atoms with Crippen molar-refractivity contribution in [2.75, 3.05) is 6.61 Å². The topological polar surface area (TPSA) is 82.5 Å². The average Bonchev–Trinajstić information content (AvgIpc) is 2.72. The van der Waals surface area contributed by atoms with Crippen LogP contribution in [0.5, 0.6) is 0 Å². The number of unbranched alkanes of at least 4 members (excludes halogenated alkanes) is 6. The molecule has 0 aliphatic rings. The maximum absolute atomic E-state index is 11.2. The average molecular weight is 397 g/mol. The van der Waals surface area contributed by atoms with Crippen LogP contribution in [0.1, 0.15) is 76.2 Å². The van der Waals surface area contributed by atoms with E-state index in [9.17, 15) is 15.0 Å². The number of carbonyl (C=O) groups is 1. The maximum Gasteiger partial charge on any atom is 0.217 e. The molecule has 3 N–H and O–H groups in total. The molecule has 2 atom stereocenters. The van der Waals surface area contributed by atoms with Crippen LogP contribution in [0, 0.1) is 11.8 Å². The number of fused-ring (bicyclic) bond motifs is 1. The number of aliphatic hydroxyl groups excluding tert-OH is 2. The molecule has 0 fully saturated rings. The molecule has 0 radical (unpaired) electrons. The van der Waals surface area contributed by atoms with Crippen molar-refractivity contribution in [1.29, 1.82) is 0 Å². The van der Waals surface area contributed by atoms with E-state index >= 15 is 0 Å². The highest BCUT2D eigenvalue weighted by Crippen LogP contribution is 2.20. The minimum absolute atomic E-state index is 0.312. The van der Waals surface area contributed by atoms with Gasteiger partial charge < -0.3 is 15.5 Å². The molecular weight excluding hydrogens is 364 g/mol. The van der Waals surface area contributed by atoms with Gasteiger partial charge in [0.2, 0.25) is 5.91 Å². The lowest BCUT2D eigenvalue weighted by molar-refractivity contribution is -0.121. The number of aromatic nitrogens is 1. The summed E-state index contributed by atoms with van der Waals surface area (Å²) >= 11 is 0. The molecule has 0 aliphatic carbocycles. The molecule has 2 rings (SSSR count). The molecule has 5 nitrogen and oxygen atoms in total. The highest BCUT2D eigenvalue weighted by atomic mass is 16.3. The van der Waals surface area contributed by atoms with E-state index in [0.717, 1.165) is 29.3 Å². The summed E-state index contributed by atoms with van der Waals surface area (Å²) in [5.74, 6) is 6.15. The number of rotatable bonds is 10.